The molecule has 0 radical (unpaired) electrons. The van der Waals surface area contributed by atoms with Crippen molar-refractivity contribution >= 4 is 23.1 Å². The van der Waals surface area contributed by atoms with Crippen LogP contribution in [0.3, 0.4) is 0 Å². The molecule has 1 aliphatic heterocycles. The number of hydrogen-bond donors (Lipinski definition) is 1. The van der Waals surface area contributed by atoms with Crippen molar-refractivity contribution in [3.63, 3.8) is 0 Å². The molecule has 0 atom stereocenters. The van der Waals surface area contributed by atoms with Gasteiger partial charge in [0.25, 0.3) is 0 Å². The first-order chi connectivity index (χ1) is 6.95. The Morgan fingerprint density at radius 2 is 2.36 bits per heavy atom. The quantitative estimate of drug-likeness (QED) is 0.802. The Labute approximate surface area is 93.5 Å². The van der Waals surface area contributed by atoms with E-state index in [1.165, 1.54) is 42.4 Å². The topological polar surface area (TPSA) is 24.9 Å². The van der Waals surface area contributed by atoms with E-state index in [1.807, 2.05) is 23.3 Å². The summed E-state index contributed by atoms with van der Waals surface area (Å²) in [7, 11) is 0. The third-order valence-electron chi connectivity index (χ3n) is 2.62. The molecule has 0 bridgehead atoms. The van der Waals surface area contributed by atoms with Crippen molar-refractivity contribution in [3.8, 4) is 0 Å². The van der Waals surface area contributed by atoms with Gasteiger partial charge in [0.2, 0.25) is 0 Å². The molecule has 2 rings (SSSR count). The van der Waals surface area contributed by atoms with E-state index in [9.17, 15) is 0 Å². The number of nitrogens with zero attached hydrogens (tertiary/aromatic N) is 1. The molecular formula is C10H16N2S2. The van der Waals surface area contributed by atoms with Crippen LogP contribution in [0, 0.1) is 5.92 Å². The zero-order chi connectivity index (χ0) is 9.64. The lowest BCUT2D eigenvalue weighted by Crippen LogP contribution is -2.27. The van der Waals surface area contributed by atoms with Crippen molar-refractivity contribution in [3.05, 3.63) is 11.6 Å². The maximum absolute atomic E-state index is 4.27. The Bertz CT molecular complexity index is 243. The number of thiazole rings is 1. The van der Waals surface area contributed by atoms with E-state index in [0.717, 1.165) is 5.92 Å². The summed E-state index contributed by atoms with van der Waals surface area (Å²) in [6, 6.07) is 0. The molecule has 1 fully saturated rings. The maximum atomic E-state index is 4.27. The van der Waals surface area contributed by atoms with Gasteiger partial charge in [0, 0.05) is 17.3 Å². The zero-order valence-electron chi connectivity index (χ0n) is 8.24. The number of nitrogens with one attached hydrogen (secondary N) is 1. The molecule has 0 amide bonds. The Balaban J connectivity index is 1.62. The molecule has 0 unspecified atom stereocenters. The van der Waals surface area contributed by atoms with Crippen LogP contribution in [0.4, 0.5) is 0 Å². The summed E-state index contributed by atoms with van der Waals surface area (Å²) in [5.74, 6) is 2.18. The fourth-order valence-corrected chi connectivity index (χ4v) is 3.57. The summed E-state index contributed by atoms with van der Waals surface area (Å²) in [4.78, 5) is 4.27. The number of rotatable bonds is 4. The molecule has 1 aromatic heterocycles. The second-order valence-corrected chi connectivity index (χ2v) is 5.87. The second-order valence-electron chi connectivity index (χ2n) is 3.63. The zero-order valence-corrected chi connectivity index (χ0v) is 9.87. The molecule has 2 heterocycles. The molecule has 14 heavy (non-hydrogen) atoms. The lowest BCUT2D eigenvalue weighted by atomic mass is 9.96. The normalized spacial score (nSPS) is 18.6. The molecule has 0 aliphatic carbocycles. The molecule has 4 heteroatoms. The van der Waals surface area contributed by atoms with Gasteiger partial charge < -0.3 is 5.32 Å². The van der Waals surface area contributed by atoms with Crippen LogP contribution >= 0.6 is 23.1 Å². The van der Waals surface area contributed by atoms with Crippen molar-refractivity contribution in [2.24, 2.45) is 5.92 Å². The van der Waals surface area contributed by atoms with Crippen LogP contribution in [0.1, 0.15) is 19.3 Å². The van der Waals surface area contributed by atoms with Crippen LogP contribution in [-0.4, -0.2) is 23.8 Å². The third-order valence-corrected chi connectivity index (χ3v) is 4.62. The second kappa shape index (κ2) is 5.73. The SMILES string of the molecule is c1csc(SCCC2CCNCC2)n1. The molecular weight excluding hydrogens is 212 g/mol. The predicted molar refractivity (Wildman–Crippen MR) is 63.0 cm³/mol. The van der Waals surface area contributed by atoms with Crippen LogP contribution in [0.25, 0.3) is 0 Å². The highest BCUT2D eigenvalue weighted by Crippen LogP contribution is 2.24. The molecule has 1 aliphatic rings. The average Bonchev–Trinajstić information content (AvgIpc) is 2.72. The summed E-state index contributed by atoms with van der Waals surface area (Å²) in [6.45, 7) is 2.43. The van der Waals surface area contributed by atoms with Gasteiger partial charge in [0.1, 0.15) is 4.34 Å². The molecule has 1 aromatic rings. The van der Waals surface area contributed by atoms with Crippen LogP contribution in [0.5, 0.6) is 0 Å². The van der Waals surface area contributed by atoms with E-state index >= 15 is 0 Å². The van der Waals surface area contributed by atoms with Crippen LogP contribution in [0.15, 0.2) is 15.9 Å². The van der Waals surface area contributed by atoms with Crippen molar-refractivity contribution in [1.82, 2.24) is 10.3 Å². The maximum Gasteiger partial charge on any atom is 0.149 e. The smallest absolute Gasteiger partial charge is 0.149 e. The van der Waals surface area contributed by atoms with Gasteiger partial charge in [-0.05, 0) is 38.3 Å². The Morgan fingerprint density at radius 1 is 1.50 bits per heavy atom. The highest BCUT2D eigenvalue weighted by atomic mass is 32.2. The fourth-order valence-electron chi connectivity index (χ4n) is 1.76. The first kappa shape index (κ1) is 10.5. The minimum absolute atomic E-state index is 0.948. The lowest BCUT2D eigenvalue weighted by molar-refractivity contribution is 0.367. The molecule has 0 aromatic carbocycles. The largest absolute Gasteiger partial charge is 0.317 e. The first-order valence-electron chi connectivity index (χ1n) is 5.18. The number of thioether (sulfide) groups is 1. The van der Waals surface area contributed by atoms with Gasteiger partial charge in [-0.1, -0.05) is 11.8 Å². The lowest BCUT2D eigenvalue weighted by Gasteiger charge is -2.21. The van der Waals surface area contributed by atoms with Crippen LogP contribution in [0.2, 0.25) is 0 Å². The Kier molecular flexibility index (Phi) is 4.28. The van der Waals surface area contributed by atoms with Crippen LogP contribution in [-0.2, 0) is 0 Å². The number of hydrogen-bond acceptors (Lipinski definition) is 4. The van der Waals surface area contributed by atoms with Gasteiger partial charge in [0.05, 0.1) is 0 Å². The van der Waals surface area contributed by atoms with E-state index in [-0.39, 0.29) is 0 Å². The summed E-state index contributed by atoms with van der Waals surface area (Å²) >= 11 is 3.66. The fraction of sp³-hybridized carbons (Fsp3) is 0.700. The van der Waals surface area contributed by atoms with Gasteiger partial charge in [0.15, 0.2) is 0 Å². The van der Waals surface area contributed by atoms with E-state index in [4.69, 9.17) is 0 Å². The highest BCUT2D eigenvalue weighted by Gasteiger charge is 2.12. The van der Waals surface area contributed by atoms with E-state index in [2.05, 4.69) is 10.3 Å². The number of aromatic nitrogens is 1. The average molecular weight is 228 g/mol. The summed E-state index contributed by atoms with van der Waals surface area (Å²) in [5, 5.41) is 5.45. The van der Waals surface area contributed by atoms with Crippen molar-refractivity contribution in [2.75, 3.05) is 18.8 Å². The monoisotopic (exact) mass is 228 g/mol. The highest BCUT2D eigenvalue weighted by molar-refractivity contribution is 8.00. The third kappa shape index (κ3) is 3.26. The summed E-state index contributed by atoms with van der Waals surface area (Å²) in [6.07, 6.45) is 5.96. The van der Waals surface area contributed by atoms with Crippen molar-refractivity contribution in [1.29, 1.82) is 0 Å². The summed E-state index contributed by atoms with van der Waals surface area (Å²) < 4.78 is 1.22. The van der Waals surface area contributed by atoms with E-state index < -0.39 is 0 Å². The van der Waals surface area contributed by atoms with Gasteiger partial charge in [-0.15, -0.1) is 11.3 Å². The van der Waals surface area contributed by atoms with Crippen molar-refractivity contribution < 1.29 is 0 Å². The van der Waals surface area contributed by atoms with Gasteiger partial charge in [-0.2, -0.15) is 0 Å². The minimum Gasteiger partial charge on any atom is -0.317 e. The Hall–Kier alpha value is -0.0600. The van der Waals surface area contributed by atoms with Gasteiger partial charge in [-0.25, -0.2) is 4.98 Å². The molecule has 2 nitrogen and oxygen atoms in total. The van der Waals surface area contributed by atoms with Crippen LogP contribution < -0.4 is 5.32 Å². The molecule has 0 saturated carbocycles. The first-order valence-corrected chi connectivity index (χ1v) is 7.04. The predicted octanol–water partition coefficient (Wildman–Crippen LogP) is 2.62. The molecule has 1 N–H and O–H groups in total. The van der Waals surface area contributed by atoms with E-state index in [1.54, 1.807) is 11.3 Å². The Morgan fingerprint density at radius 3 is 3.07 bits per heavy atom. The molecule has 78 valence electrons. The molecule has 0 spiro atoms. The standard InChI is InChI=1S/C10H16N2S2/c1-4-11-5-2-9(1)3-7-13-10-12-6-8-14-10/h6,8-9,11H,1-5,7H2. The van der Waals surface area contributed by atoms with Gasteiger partial charge >= 0.3 is 0 Å². The van der Waals surface area contributed by atoms with Gasteiger partial charge in [-0.3, -0.25) is 0 Å². The summed E-state index contributed by atoms with van der Waals surface area (Å²) in [5.41, 5.74) is 0. The van der Waals surface area contributed by atoms with Crippen molar-refractivity contribution in [2.45, 2.75) is 23.6 Å². The number of piperidine rings is 1. The molecule has 1 saturated heterocycles. The minimum atomic E-state index is 0.948. The van der Waals surface area contributed by atoms with E-state index in [0.29, 0.717) is 0 Å².